The first-order valence-electron chi connectivity index (χ1n) is 2.87. The molecule has 0 unspecified atom stereocenters. The molecule has 0 aliphatic heterocycles. The van der Waals surface area contributed by atoms with Crippen molar-refractivity contribution in [2.45, 2.75) is 6.42 Å². The predicted octanol–water partition coefficient (Wildman–Crippen LogP) is 1.47. The van der Waals surface area contributed by atoms with Gasteiger partial charge in [-0.05, 0) is 0 Å². The third-order valence-electron chi connectivity index (χ3n) is 0.503. The average Bonchev–Trinajstić information content (AvgIpc) is 1.87. The number of ether oxygens (including phenoxy) is 1. The van der Waals surface area contributed by atoms with E-state index in [1.807, 2.05) is 0 Å². The van der Waals surface area contributed by atoms with Gasteiger partial charge in [0.1, 0.15) is 0 Å². The van der Waals surface area contributed by atoms with E-state index in [1.165, 1.54) is 6.08 Å². The average molecular weight is 174 g/mol. The molecule has 0 fully saturated rings. The van der Waals surface area contributed by atoms with Crippen LogP contribution in [0.25, 0.3) is 0 Å². The summed E-state index contributed by atoms with van der Waals surface area (Å²) in [5.74, 6) is -0.829. The van der Waals surface area contributed by atoms with Crippen molar-refractivity contribution in [1.29, 1.82) is 0 Å². The van der Waals surface area contributed by atoms with Crippen molar-refractivity contribution in [3.8, 4) is 0 Å². The number of hydrogen-bond donors (Lipinski definition) is 2. The van der Waals surface area contributed by atoms with Gasteiger partial charge in [-0.1, -0.05) is 12.7 Å². The highest BCUT2D eigenvalue weighted by Gasteiger charge is 1.84. The predicted molar refractivity (Wildman–Crippen MR) is 41.8 cm³/mol. The lowest BCUT2D eigenvalue weighted by Gasteiger charge is -1.81. The van der Waals surface area contributed by atoms with Crippen LogP contribution in [0.15, 0.2) is 25.5 Å². The van der Waals surface area contributed by atoms with Crippen LogP contribution in [0, 0.1) is 0 Å². The second kappa shape index (κ2) is 9.22. The SMILES string of the molecule is C=CCC(=O)O.C=COC(=O)O. The number of aliphatic carboxylic acids is 1. The highest BCUT2D eigenvalue weighted by atomic mass is 16.7. The lowest BCUT2D eigenvalue weighted by Crippen LogP contribution is -1.89. The van der Waals surface area contributed by atoms with Crippen LogP contribution >= 0.6 is 0 Å². The summed E-state index contributed by atoms with van der Waals surface area (Å²) in [6, 6.07) is 0. The molecular formula is C7H10O5. The Kier molecular flexibility index (Phi) is 9.88. The van der Waals surface area contributed by atoms with Crippen LogP contribution in [0.1, 0.15) is 6.42 Å². The monoisotopic (exact) mass is 174 g/mol. The highest BCUT2D eigenvalue weighted by Crippen LogP contribution is 1.74. The molecule has 0 bridgehead atoms. The van der Waals surface area contributed by atoms with Crippen LogP contribution in [0.2, 0.25) is 0 Å². The molecule has 0 atom stereocenters. The first-order chi connectivity index (χ1) is 5.54. The molecule has 0 spiro atoms. The van der Waals surface area contributed by atoms with Crippen molar-refractivity contribution in [3.63, 3.8) is 0 Å². The van der Waals surface area contributed by atoms with Gasteiger partial charge >= 0.3 is 12.1 Å². The first kappa shape index (κ1) is 12.9. The van der Waals surface area contributed by atoms with Crippen molar-refractivity contribution >= 4 is 12.1 Å². The van der Waals surface area contributed by atoms with E-state index in [2.05, 4.69) is 17.9 Å². The molecule has 0 rings (SSSR count). The molecule has 0 saturated heterocycles. The van der Waals surface area contributed by atoms with E-state index >= 15 is 0 Å². The molecule has 0 aromatic rings. The van der Waals surface area contributed by atoms with E-state index in [-0.39, 0.29) is 6.42 Å². The Morgan fingerprint density at radius 3 is 1.83 bits per heavy atom. The molecule has 0 radical (unpaired) electrons. The van der Waals surface area contributed by atoms with Crippen LogP contribution < -0.4 is 0 Å². The van der Waals surface area contributed by atoms with Gasteiger partial charge in [0, 0.05) is 0 Å². The van der Waals surface area contributed by atoms with E-state index in [0.717, 1.165) is 6.26 Å². The van der Waals surface area contributed by atoms with E-state index in [4.69, 9.17) is 10.2 Å². The Bertz CT molecular complexity index is 153. The molecule has 0 aliphatic carbocycles. The summed E-state index contributed by atoms with van der Waals surface area (Å²) in [5, 5.41) is 15.5. The Morgan fingerprint density at radius 2 is 1.83 bits per heavy atom. The van der Waals surface area contributed by atoms with E-state index in [0.29, 0.717) is 0 Å². The zero-order valence-electron chi connectivity index (χ0n) is 6.40. The number of rotatable bonds is 3. The minimum Gasteiger partial charge on any atom is -0.481 e. The van der Waals surface area contributed by atoms with Gasteiger partial charge in [-0.25, -0.2) is 4.79 Å². The summed E-state index contributed by atoms with van der Waals surface area (Å²) in [6.07, 6.45) is 0.926. The minimum atomic E-state index is -1.33. The standard InChI is InChI=1S/C4H6O2.C3H4O3/c1-2-3-4(5)6;1-2-6-3(4)5/h2H,1,3H2,(H,5,6);2H,1H2,(H,4,5). The second-order valence-corrected chi connectivity index (χ2v) is 1.44. The Balaban J connectivity index is 0. The van der Waals surface area contributed by atoms with Crippen LogP contribution in [0.3, 0.4) is 0 Å². The quantitative estimate of drug-likeness (QED) is 0.384. The summed E-state index contributed by atoms with van der Waals surface area (Å²) in [6.45, 7) is 6.22. The summed E-state index contributed by atoms with van der Waals surface area (Å²) < 4.78 is 3.72. The van der Waals surface area contributed by atoms with Crippen molar-refractivity contribution in [3.05, 3.63) is 25.5 Å². The van der Waals surface area contributed by atoms with Gasteiger partial charge in [-0.2, -0.15) is 0 Å². The van der Waals surface area contributed by atoms with Gasteiger partial charge < -0.3 is 14.9 Å². The normalized spacial score (nSPS) is 7.00. The Hall–Kier alpha value is -1.78. The van der Waals surface area contributed by atoms with Crippen LogP contribution in [0.4, 0.5) is 4.79 Å². The molecule has 0 aromatic carbocycles. The molecule has 0 saturated carbocycles. The zero-order valence-corrected chi connectivity index (χ0v) is 6.40. The smallest absolute Gasteiger partial charge is 0.481 e. The molecular weight excluding hydrogens is 164 g/mol. The fraction of sp³-hybridized carbons (Fsp3) is 0.143. The molecule has 5 heteroatoms. The number of carbonyl (C=O) groups is 2. The van der Waals surface area contributed by atoms with E-state index in [9.17, 15) is 9.59 Å². The fourth-order valence-electron chi connectivity index (χ4n) is 0.195. The largest absolute Gasteiger partial charge is 0.510 e. The van der Waals surface area contributed by atoms with Gasteiger partial charge in [0.25, 0.3) is 0 Å². The maximum absolute atomic E-state index is 9.53. The van der Waals surface area contributed by atoms with Gasteiger partial charge in [0.05, 0.1) is 12.7 Å². The maximum Gasteiger partial charge on any atom is 0.510 e. The van der Waals surface area contributed by atoms with Crippen molar-refractivity contribution < 1.29 is 24.5 Å². The van der Waals surface area contributed by atoms with Crippen LogP contribution in [-0.2, 0) is 9.53 Å². The van der Waals surface area contributed by atoms with Crippen LogP contribution in [-0.4, -0.2) is 22.3 Å². The summed E-state index contributed by atoms with van der Waals surface area (Å²) in [7, 11) is 0. The Labute approximate surface area is 69.6 Å². The number of carboxylic acid groups (broad SMARTS) is 2. The lowest BCUT2D eigenvalue weighted by molar-refractivity contribution is -0.135. The molecule has 0 amide bonds. The topological polar surface area (TPSA) is 83.8 Å². The lowest BCUT2D eigenvalue weighted by atomic mass is 10.4. The summed E-state index contributed by atoms with van der Waals surface area (Å²) >= 11 is 0. The van der Waals surface area contributed by atoms with E-state index < -0.39 is 12.1 Å². The third kappa shape index (κ3) is 24.1. The molecule has 0 aromatic heterocycles. The third-order valence-corrected chi connectivity index (χ3v) is 0.503. The maximum atomic E-state index is 9.53. The molecule has 12 heavy (non-hydrogen) atoms. The zero-order chi connectivity index (χ0) is 9.98. The van der Waals surface area contributed by atoms with Crippen molar-refractivity contribution in [2.24, 2.45) is 0 Å². The second-order valence-electron chi connectivity index (χ2n) is 1.44. The van der Waals surface area contributed by atoms with Gasteiger partial charge in [-0.15, -0.1) is 6.58 Å². The van der Waals surface area contributed by atoms with Gasteiger partial charge in [0.2, 0.25) is 0 Å². The molecule has 5 nitrogen and oxygen atoms in total. The Morgan fingerprint density at radius 1 is 1.33 bits per heavy atom. The number of carboxylic acids is 1. The summed E-state index contributed by atoms with van der Waals surface area (Å²) in [5.41, 5.74) is 0. The molecule has 68 valence electrons. The molecule has 0 aliphatic rings. The minimum absolute atomic E-state index is 0.0556. The van der Waals surface area contributed by atoms with Gasteiger partial charge in [-0.3, -0.25) is 4.79 Å². The fourth-order valence-corrected chi connectivity index (χ4v) is 0.195. The van der Waals surface area contributed by atoms with E-state index in [1.54, 1.807) is 0 Å². The summed E-state index contributed by atoms with van der Waals surface area (Å²) in [4.78, 5) is 18.8. The van der Waals surface area contributed by atoms with Crippen molar-refractivity contribution in [2.75, 3.05) is 0 Å². The van der Waals surface area contributed by atoms with Crippen molar-refractivity contribution in [1.82, 2.24) is 0 Å². The first-order valence-corrected chi connectivity index (χ1v) is 2.87. The highest BCUT2D eigenvalue weighted by molar-refractivity contribution is 5.68. The molecule has 0 heterocycles. The number of hydrogen-bond acceptors (Lipinski definition) is 3. The molecule has 2 N–H and O–H groups in total. The van der Waals surface area contributed by atoms with Crippen LogP contribution in [0.5, 0.6) is 0 Å². The van der Waals surface area contributed by atoms with Gasteiger partial charge in [0.15, 0.2) is 0 Å².